The van der Waals surface area contributed by atoms with Gasteiger partial charge in [0.05, 0.1) is 11.4 Å². The molecule has 0 N–H and O–H groups in total. The summed E-state index contributed by atoms with van der Waals surface area (Å²) in [5.74, 6) is 0. The lowest BCUT2D eigenvalue weighted by Gasteiger charge is -2.06. The minimum atomic E-state index is 0.851. The topological polar surface area (TPSA) is 30.2 Å². The molecule has 0 atom stereocenters. The van der Waals surface area contributed by atoms with Crippen LogP contribution in [-0.2, 0) is 0 Å². The zero-order chi connectivity index (χ0) is 16.6. The molecule has 3 heteroatoms. The average Bonchev–Trinajstić information content (AvgIpc) is 3.13. The van der Waals surface area contributed by atoms with Crippen LogP contribution in [0.1, 0.15) is 0 Å². The normalized spacial score (nSPS) is 11.2. The molecule has 0 fully saturated rings. The number of fused-ring (bicyclic) bond motifs is 2. The smallest absolute Gasteiger partial charge is 0.156 e. The fraction of sp³-hybridized carbons (Fsp3) is 0. The second-order valence-corrected chi connectivity index (χ2v) is 6.06. The lowest BCUT2D eigenvalue weighted by atomic mass is 10.1. The summed E-state index contributed by atoms with van der Waals surface area (Å²) < 4.78 is 1.92. The first kappa shape index (κ1) is 13.9. The number of rotatable bonds is 2. The summed E-state index contributed by atoms with van der Waals surface area (Å²) >= 11 is 0. The van der Waals surface area contributed by atoms with Crippen molar-refractivity contribution in [2.45, 2.75) is 0 Å². The maximum atomic E-state index is 4.79. The van der Waals surface area contributed by atoms with Gasteiger partial charge < -0.3 is 0 Å². The minimum absolute atomic E-state index is 0.851. The Bertz CT molecular complexity index is 1190. The molecule has 118 valence electrons. The quantitative estimate of drug-likeness (QED) is 0.446. The molecule has 0 saturated carbocycles. The van der Waals surface area contributed by atoms with Crippen molar-refractivity contribution in [3.8, 4) is 22.5 Å². The van der Waals surface area contributed by atoms with Crippen LogP contribution in [0, 0.1) is 0 Å². The summed E-state index contributed by atoms with van der Waals surface area (Å²) in [4.78, 5) is 4.48. The Balaban J connectivity index is 1.71. The van der Waals surface area contributed by atoms with Gasteiger partial charge in [0.15, 0.2) is 5.65 Å². The fourth-order valence-corrected chi connectivity index (χ4v) is 3.21. The van der Waals surface area contributed by atoms with Crippen molar-refractivity contribution in [3.05, 3.63) is 91.1 Å². The lowest BCUT2D eigenvalue weighted by molar-refractivity contribution is 0.952. The van der Waals surface area contributed by atoms with Crippen molar-refractivity contribution in [2.75, 3.05) is 0 Å². The maximum Gasteiger partial charge on any atom is 0.156 e. The predicted octanol–water partition coefficient (Wildman–Crippen LogP) is 5.22. The molecule has 0 aliphatic heterocycles. The van der Waals surface area contributed by atoms with Gasteiger partial charge in [0.2, 0.25) is 0 Å². The number of aromatic nitrogens is 3. The standard InChI is InChI=1S/C22H15N3/c1-2-7-17(8-3-1)20-15-22-23-13-12-21(25(22)24-20)19-11-10-16-6-4-5-9-18(16)14-19/h1-15H. The molecule has 0 bridgehead atoms. The Morgan fingerprint density at radius 2 is 1.44 bits per heavy atom. The number of hydrogen-bond donors (Lipinski definition) is 0. The van der Waals surface area contributed by atoms with E-state index in [9.17, 15) is 0 Å². The second-order valence-electron chi connectivity index (χ2n) is 6.06. The van der Waals surface area contributed by atoms with Crippen LogP contribution in [0.3, 0.4) is 0 Å². The van der Waals surface area contributed by atoms with Gasteiger partial charge in [-0.1, -0.05) is 66.7 Å². The second kappa shape index (κ2) is 5.56. The summed E-state index contributed by atoms with van der Waals surface area (Å²) in [5.41, 5.74) is 5.05. The van der Waals surface area contributed by atoms with E-state index in [1.807, 2.05) is 41.0 Å². The van der Waals surface area contributed by atoms with Crippen molar-refractivity contribution in [2.24, 2.45) is 0 Å². The van der Waals surface area contributed by atoms with Gasteiger partial charge in [-0.2, -0.15) is 5.10 Å². The molecule has 0 amide bonds. The van der Waals surface area contributed by atoms with E-state index in [2.05, 4.69) is 59.6 Å². The molecule has 0 unspecified atom stereocenters. The van der Waals surface area contributed by atoms with Crippen molar-refractivity contribution < 1.29 is 0 Å². The highest BCUT2D eigenvalue weighted by Gasteiger charge is 2.10. The van der Waals surface area contributed by atoms with Gasteiger partial charge in [0.25, 0.3) is 0 Å². The summed E-state index contributed by atoms with van der Waals surface area (Å²) in [7, 11) is 0. The van der Waals surface area contributed by atoms with Crippen LogP contribution < -0.4 is 0 Å². The Kier molecular flexibility index (Phi) is 3.10. The highest BCUT2D eigenvalue weighted by molar-refractivity contribution is 5.87. The van der Waals surface area contributed by atoms with Gasteiger partial charge in [-0.05, 0) is 22.9 Å². The monoisotopic (exact) mass is 321 g/mol. The molecule has 25 heavy (non-hydrogen) atoms. The zero-order valence-corrected chi connectivity index (χ0v) is 13.5. The van der Waals surface area contributed by atoms with E-state index < -0.39 is 0 Å². The summed E-state index contributed by atoms with van der Waals surface area (Å²) in [6.07, 6.45) is 1.84. The van der Waals surface area contributed by atoms with E-state index in [0.29, 0.717) is 0 Å². The highest BCUT2D eigenvalue weighted by atomic mass is 15.3. The van der Waals surface area contributed by atoms with E-state index in [1.165, 1.54) is 10.8 Å². The summed E-state index contributed by atoms with van der Waals surface area (Å²) in [5, 5.41) is 7.25. The van der Waals surface area contributed by atoms with Crippen molar-refractivity contribution in [1.29, 1.82) is 0 Å². The molecule has 2 heterocycles. The molecule has 3 aromatic carbocycles. The largest absolute Gasteiger partial charge is 0.237 e. The van der Waals surface area contributed by atoms with Crippen molar-refractivity contribution in [3.63, 3.8) is 0 Å². The molecule has 0 saturated heterocycles. The first-order chi connectivity index (χ1) is 12.4. The molecule has 2 aromatic heterocycles. The van der Waals surface area contributed by atoms with Crippen molar-refractivity contribution >= 4 is 16.4 Å². The lowest BCUT2D eigenvalue weighted by Crippen LogP contribution is -1.95. The number of nitrogens with zero attached hydrogens (tertiary/aromatic N) is 3. The van der Waals surface area contributed by atoms with Gasteiger partial charge in [0, 0.05) is 23.4 Å². The third-order valence-corrected chi connectivity index (χ3v) is 4.47. The van der Waals surface area contributed by atoms with Crippen LogP contribution in [-0.4, -0.2) is 14.6 Å². The third-order valence-electron chi connectivity index (χ3n) is 4.47. The van der Waals surface area contributed by atoms with E-state index in [-0.39, 0.29) is 0 Å². The molecule has 0 aliphatic rings. The summed E-state index contributed by atoms with van der Waals surface area (Å²) in [6, 6.07) is 29.1. The predicted molar refractivity (Wildman–Crippen MR) is 101 cm³/mol. The molecule has 0 aliphatic carbocycles. The Morgan fingerprint density at radius 3 is 2.32 bits per heavy atom. The van der Waals surface area contributed by atoms with E-state index in [1.54, 1.807) is 0 Å². The first-order valence-electron chi connectivity index (χ1n) is 8.28. The molecule has 5 aromatic rings. The van der Waals surface area contributed by atoms with Crippen LogP contribution in [0.15, 0.2) is 91.1 Å². The Morgan fingerprint density at radius 1 is 0.640 bits per heavy atom. The van der Waals surface area contributed by atoms with Gasteiger partial charge >= 0.3 is 0 Å². The van der Waals surface area contributed by atoms with E-state index in [0.717, 1.165) is 28.2 Å². The van der Waals surface area contributed by atoms with Crippen molar-refractivity contribution in [1.82, 2.24) is 14.6 Å². The zero-order valence-electron chi connectivity index (χ0n) is 13.5. The number of benzene rings is 3. The summed E-state index contributed by atoms with van der Waals surface area (Å²) in [6.45, 7) is 0. The number of hydrogen-bond acceptors (Lipinski definition) is 2. The highest BCUT2D eigenvalue weighted by Crippen LogP contribution is 2.26. The van der Waals surface area contributed by atoms with Crippen LogP contribution >= 0.6 is 0 Å². The van der Waals surface area contributed by atoms with Crippen LogP contribution in [0.25, 0.3) is 38.9 Å². The van der Waals surface area contributed by atoms with Gasteiger partial charge in [-0.3, -0.25) is 0 Å². The minimum Gasteiger partial charge on any atom is -0.237 e. The van der Waals surface area contributed by atoms with Crippen LogP contribution in [0.5, 0.6) is 0 Å². The fourth-order valence-electron chi connectivity index (χ4n) is 3.21. The third kappa shape index (κ3) is 2.37. The molecular weight excluding hydrogens is 306 g/mol. The first-order valence-corrected chi connectivity index (χ1v) is 8.28. The SMILES string of the molecule is c1ccc(-c2cc3nccc(-c4ccc5ccccc5c4)n3n2)cc1. The molecule has 5 rings (SSSR count). The Labute approximate surface area is 145 Å². The van der Waals surface area contributed by atoms with E-state index in [4.69, 9.17) is 5.10 Å². The van der Waals surface area contributed by atoms with Crippen LogP contribution in [0.4, 0.5) is 0 Å². The van der Waals surface area contributed by atoms with Gasteiger partial charge in [-0.25, -0.2) is 9.50 Å². The molecule has 0 radical (unpaired) electrons. The Hall–Kier alpha value is -3.46. The molecule has 0 spiro atoms. The van der Waals surface area contributed by atoms with Crippen LogP contribution in [0.2, 0.25) is 0 Å². The van der Waals surface area contributed by atoms with Gasteiger partial charge in [-0.15, -0.1) is 0 Å². The van der Waals surface area contributed by atoms with Gasteiger partial charge in [0.1, 0.15) is 0 Å². The average molecular weight is 321 g/mol. The maximum absolute atomic E-state index is 4.79. The van der Waals surface area contributed by atoms with E-state index >= 15 is 0 Å². The molecule has 3 nitrogen and oxygen atoms in total. The molecular formula is C22H15N3.